The molecule has 1 aromatic carbocycles. The molecule has 0 atom stereocenters. The van der Waals surface area contributed by atoms with Gasteiger partial charge in [-0.2, -0.15) is 4.79 Å². The SMILES string of the molecule is CC[NH2+]C(=O)OC1=C(c2c(C)cc(C)cc2C)C(=O)OC12CCCC2. The van der Waals surface area contributed by atoms with Crippen LogP contribution in [0.2, 0.25) is 0 Å². The molecular weight excluding hydrogens is 318 g/mol. The van der Waals surface area contributed by atoms with Gasteiger partial charge in [0.05, 0.1) is 6.54 Å². The molecule has 0 saturated heterocycles. The zero-order chi connectivity index (χ0) is 18.2. The topological polar surface area (TPSA) is 69.2 Å². The maximum atomic E-state index is 12.8. The predicted molar refractivity (Wildman–Crippen MR) is 93.8 cm³/mol. The number of quaternary nitrogens is 1. The average Bonchev–Trinajstić information content (AvgIpc) is 3.07. The minimum atomic E-state index is -0.770. The van der Waals surface area contributed by atoms with E-state index in [4.69, 9.17) is 9.47 Å². The molecule has 1 saturated carbocycles. The van der Waals surface area contributed by atoms with Gasteiger partial charge < -0.3 is 9.47 Å². The Morgan fingerprint density at radius 1 is 1.20 bits per heavy atom. The highest BCUT2D eigenvalue weighted by molar-refractivity contribution is 6.20. The summed E-state index contributed by atoms with van der Waals surface area (Å²) in [6.07, 6.45) is 2.93. The number of carbonyl (C=O) groups is 2. The molecule has 5 nitrogen and oxygen atoms in total. The predicted octanol–water partition coefficient (Wildman–Crippen LogP) is 2.91. The van der Waals surface area contributed by atoms with Gasteiger partial charge in [0.2, 0.25) is 0 Å². The van der Waals surface area contributed by atoms with Crippen molar-refractivity contribution in [2.75, 3.05) is 6.54 Å². The number of rotatable bonds is 3. The number of hydrogen-bond donors (Lipinski definition) is 1. The van der Waals surface area contributed by atoms with E-state index in [2.05, 4.69) is 0 Å². The molecule has 1 amide bonds. The summed E-state index contributed by atoms with van der Waals surface area (Å²) in [4.78, 5) is 25.0. The van der Waals surface area contributed by atoms with Crippen LogP contribution in [0.15, 0.2) is 17.9 Å². The lowest BCUT2D eigenvalue weighted by atomic mass is 9.90. The molecular formula is C20H26NO4+. The van der Waals surface area contributed by atoms with Crippen LogP contribution in [0, 0.1) is 20.8 Å². The van der Waals surface area contributed by atoms with Gasteiger partial charge in [-0.05, 0) is 70.1 Å². The zero-order valence-corrected chi connectivity index (χ0v) is 15.4. The highest BCUT2D eigenvalue weighted by atomic mass is 16.6. The summed E-state index contributed by atoms with van der Waals surface area (Å²) in [7, 11) is 0. The summed E-state index contributed by atoms with van der Waals surface area (Å²) in [5.41, 5.74) is 3.61. The Kier molecular flexibility index (Phi) is 4.69. The molecule has 1 spiro atoms. The van der Waals surface area contributed by atoms with Crippen molar-refractivity contribution < 1.29 is 24.4 Å². The molecule has 0 bridgehead atoms. The van der Waals surface area contributed by atoms with Crippen molar-refractivity contribution in [3.05, 3.63) is 40.1 Å². The molecule has 0 aromatic heterocycles. The summed E-state index contributed by atoms with van der Waals surface area (Å²) in [5, 5.41) is 1.49. The van der Waals surface area contributed by atoms with Crippen LogP contribution in [-0.2, 0) is 14.3 Å². The van der Waals surface area contributed by atoms with Crippen molar-refractivity contribution in [2.24, 2.45) is 0 Å². The lowest BCUT2D eigenvalue weighted by Crippen LogP contribution is -2.87. The molecule has 2 N–H and O–H groups in total. The minimum absolute atomic E-state index is 0.378. The third-order valence-electron chi connectivity index (χ3n) is 5.04. The van der Waals surface area contributed by atoms with Gasteiger partial charge in [0.1, 0.15) is 5.57 Å². The smallest absolute Gasteiger partial charge is 0.447 e. The van der Waals surface area contributed by atoms with Gasteiger partial charge in [-0.3, -0.25) is 0 Å². The Hall–Kier alpha value is -2.14. The molecule has 0 unspecified atom stereocenters. The van der Waals surface area contributed by atoms with E-state index in [-0.39, 0.29) is 5.97 Å². The number of esters is 1. The quantitative estimate of drug-likeness (QED) is 0.856. The first-order valence-electron chi connectivity index (χ1n) is 8.99. The Morgan fingerprint density at radius 3 is 2.36 bits per heavy atom. The fourth-order valence-corrected chi connectivity index (χ4v) is 4.11. The fourth-order valence-electron chi connectivity index (χ4n) is 4.11. The largest absolute Gasteiger partial charge is 0.518 e. The van der Waals surface area contributed by atoms with E-state index in [1.807, 2.05) is 39.8 Å². The molecule has 2 aliphatic rings. The zero-order valence-electron chi connectivity index (χ0n) is 15.4. The van der Waals surface area contributed by atoms with E-state index in [0.29, 0.717) is 30.7 Å². The Bertz CT molecular complexity index is 734. The van der Waals surface area contributed by atoms with E-state index in [0.717, 1.165) is 35.1 Å². The van der Waals surface area contributed by atoms with E-state index in [9.17, 15) is 9.59 Å². The van der Waals surface area contributed by atoms with Gasteiger partial charge in [-0.1, -0.05) is 17.7 Å². The van der Waals surface area contributed by atoms with Crippen LogP contribution in [0.5, 0.6) is 0 Å². The second-order valence-electron chi connectivity index (χ2n) is 7.10. The molecule has 1 fully saturated rings. The third-order valence-corrected chi connectivity index (χ3v) is 5.04. The molecule has 5 heteroatoms. The first-order valence-corrected chi connectivity index (χ1v) is 8.99. The number of hydrogen-bond acceptors (Lipinski definition) is 4. The fraction of sp³-hybridized carbons (Fsp3) is 0.500. The van der Waals surface area contributed by atoms with Gasteiger partial charge in [0.15, 0.2) is 11.4 Å². The van der Waals surface area contributed by atoms with E-state index in [1.165, 1.54) is 5.32 Å². The maximum absolute atomic E-state index is 12.8. The van der Waals surface area contributed by atoms with Crippen LogP contribution < -0.4 is 5.32 Å². The second kappa shape index (κ2) is 6.64. The normalized spacial score (nSPS) is 18.8. The van der Waals surface area contributed by atoms with Crippen molar-refractivity contribution >= 4 is 17.6 Å². The summed E-state index contributed by atoms with van der Waals surface area (Å²) in [6.45, 7) is 8.46. The monoisotopic (exact) mass is 344 g/mol. The van der Waals surface area contributed by atoms with E-state index in [1.54, 1.807) is 0 Å². The molecule has 1 aliphatic heterocycles. The molecule has 3 rings (SSSR count). The van der Waals surface area contributed by atoms with Gasteiger partial charge >= 0.3 is 12.1 Å². The third kappa shape index (κ3) is 3.09. The highest BCUT2D eigenvalue weighted by Gasteiger charge is 2.53. The Morgan fingerprint density at radius 2 is 1.80 bits per heavy atom. The van der Waals surface area contributed by atoms with E-state index < -0.39 is 11.7 Å². The molecule has 0 radical (unpaired) electrons. The summed E-state index contributed by atoms with van der Waals surface area (Å²) >= 11 is 0. The number of aryl methyl sites for hydroxylation is 3. The molecule has 1 heterocycles. The Balaban J connectivity index is 2.17. The Labute approximate surface area is 148 Å². The number of primary amides is 1. The molecule has 134 valence electrons. The van der Waals surface area contributed by atoms with Gasteiger partial charge in [0.25, 0.3) is 0 Å². The molecule has 1 aliphatic carbocycles. The van der Waals surface area contributed by atoms with Crippen LogP contribution in [0.25, 0.3) is 5.57 Å². The second-order valence-corrected chi connectivity index (χ2v) is 7.10. The van der Waals surface area contributed by atoms with E-state index >= 15 is 0 Å². The van der Waals surface area contributed by atoms with Crippen LogP contribution in [0.4, 0.5) is 4.79 Å². The first-order chi connectivity index (χ1) is 11.9. The van der Waals surface area contributed by atoms with Crippen molar-refractivity contribution in [1.82, 2.24) is 0 Å². The van der Waals surface area contributed by atoms with Gasteiger partial charge in [-0.15, -0.1) is 0 Å². The summed E-state index contributed by atoms with van der Waals surface area (Å²) in [5.74, 6) is 0.0380. The number of carbonyl (C=O) groups excluding carboxylic acids is 2. The van der Waals surface area contributed by atoms with Crippen molar-refractivity contribution in [1.29, 1.82) is 0 Å². The number of ether oxygens (including phenoxy) is 2. The highest BCUT2D eigenvalue weighted by Crippen LogP contribution is 2.49. The van der Waals surface area contributed by atoms with Crippen molar-refractivity contribution in [3.8, 4) is 0 Å². The van der Waals surface area contributed by atoms with Crippen LogP contribution >= 0.6 is 0 Å². The van der Waals surface area contributed by atoms with Crippen LogP contribution in [0.1, 0.15) is 54.9 Å². The molecule has 1 aromatic rings. The number of benzene rings is 1. The van der Waals surface area contributed by atoms with Crippen LogP contribution in [0.3, 0.4) is 0 Å². The van der Waals surface area contributed by atoms with Gasteiger partial charge in [0, 0.05) is 0 Å². The van der Waals surface area contributed by atoms with Crippen molar-refractivity contribution in [3.63, 3.8) is 0 Å². The van der Waals surface area contributed by atoms with Crippen LogP contribution in [-0.4, -0.2) is 24.2 Å². The first kappa shape index (κ1) is 17.7. The summed E-state index contributed by atoms with van der Waals surface area (Å²) in [6, 6.07) is 4.08. The number of amides is 1. The minimum Gasteiger partial charge on any atom is -0.447 e. The lowest BCUT2D eigenvalue weighted by Gasteiger charge is -2.24. The molecule has 25 heavy (non-hydrogen) atoms. The number of nitrogens with two attached hydrogens (primary N) is 1. The maximum Gasteiger partial charge on any atom is 0.518 e. The van der Waals surface area contributed by atoms with Crippen molar-refractivity contribution in [2.45, 2.75) is 59.0 Å². The average molecular weight is 344 g/mol. The summed E-state index contributed by atoms with van der Waals surface area (Å²) < 4.78 is 11.5. The lowest BCUT2D eigenvalue weighted by molar-refractivity contribution is -0.565. The standard InChI is InChI=1S/C20H25NO4/c1-5-21-19(23)24-17-16(15-13(3)10-12(2)11-14(15)4)18(22)25-20(17)8-6-7-9-20/h10-11H,5-9H2,1-4H3,(H,21,23)/p+1. The van der Waals surface area contributed by atoms with Gasteiger partial charge in [-0.25, -0.2) is 10.1 Å².